The van der Waals surface area contributed by atoms with E-state index in [1.54, 1.807) is 31.2 Å². The number of nitrogens with one attached hydrogen (secondary N) is 1. The van der Waals surface area contributed by atoms with Gasteiger partial charge in [0.25, 0.3) is 0 Å². The summed E-state index contributed by atoms with van der Waals surface area (Å²) >= 11 is 0. The monoisotopic (exact) mass is 503 g/mol. The third kappa shape index (κ3) is 5.09. The largest absolute Gasteiger partial charge is 0.325 e. The summed E-state index contributed by atoms with van der Waals surface area (Å²) in [5.74, 6) is -0.123. The Morgan fingerprint density at radius 3 is 2.22 bits per heavy atom. The lowest BCUT2D eigenvalue weighted by Crippen LogP contribution is -2.24. The second-order valence-corrected chi connectivity index (χ2v) is 11.3. The Morgan fingerprint density at radius 1 is 0.972 bits per heavy atom. The van der Waals surface area contributed by atoms with Crippen molar-refractivity contribution in [3.8, 4) is 0 Å². The van der Waals surface area contributed by atoms with Crippen LogP contribution in [0.2, 0.25) is 0 Å². The first-order chi connectivity index (χ1) is 17.0. The molecular weight excluding hydrogens is 474 g/mol. The molecule has 2 heterocycles. The highest BCUT2D eigenvalue weighted by Gasteiger charge is 2.25. The maximum atomic E-state index is 13.5. The Labute approximate surface area is 210 Å². The van der Waals surface area contributed by atoms with Crippen LogP contribution in [0.4, 0.5) is 5.69 Å². The zero-order chi connectivity index (χ0) is 26.2. The predicted octanol–water partition coefficient (Wildman–Crippen LogP) is 4.92. The summed E-state index contributed by atoms with van der Waals surface area (Å²) in [7, 11) is -4.13. The molecule has 1 amide bonds. The smallest absolute Gasteiger partial charge is 0.244 e. The van der Waals surface area contributed by atoms with Crippen molar-refractivity contribution < 1.29 is 13.2 Å². The van der Waals surface area contributed by atoms with E-state index in [4.69, 9.17) is 0 Å². The number of fused-ring (bicyclic) bond motifs is 1. The Bertz CT molecular complexity index is 1620. The van der Waals surface area contributed by atoms with Gasteiger partial charge in [0.15, 0.2) is 0 Å². The number of hydrogen-bond donors (Lipinski definition) is 1. The quantitative estimate of drug-likeness (QED) is 0.403. The number of aromatic nitrogens is 2. The van der Waals surface area contributed by atoms with Crippen molar-refractivity contribution in [2.24, 2.45) is 0 Å². The van der Waals surface area contributed by atoms with E-state index < -0.39 is 20.2 Å². The molecule has 4 rings (SSSR count). The molecule has 7 nitrogen and oxygen atoms in total. The molecule has 0 atom stereocenters. The average Bonchev–Trinajstić information content (AvgIpc) is 2.80. The van der Waals surface area contributed by atoms with Crippen molar-refractivity contribution >= 4 is 32.5 Å². The first-order valence-corrected chi connectivity index (χ1v) is 13.2. The molecule has 0 aliphatic heterocycles. The number of nitrogens with zero attached hydrogens (tertiary/aromatic N) is 2. The average molecular weight is 504 g/mol. The SMILES string of the molecule is Cc1cc(C)cc(NC(=O)Cn2cc(S(=O)(=O)c3ccc(C(C)C)cc3)c(=O)c3ccc(C)nc32)c1. The minimum absolute atomic E-state index is 0.0228. The minimum Gasteiger partial charge on any atom is -0.325 e. The number of aryl methyl sites for hydroxylation is 3. The fraction of sp³-hybridized carbons (Fsp3) is 0.250. The maximum Gasteiger partial charge on any atom is 0.244 e. The van der Waals surface area contributed by atoms with E-state index in [2.05, 4.69) is 10.3 Å². The third-order valence-electron chi connectivity index (χ3n) is 5.99. The Kier molecular flexibility index (Phi) is 6.82. The summed E-state index contributed by atoms with van der Waals surface area (Å²) < 4.78 is 28.5. The molecule has 1 N–H and O–H groups in total. The summed E-state index contributed by atoms with van der Waals surface area (Å²) in [4.78, 5) is 30.3. The summed E-state index contributed by atoms with van der Waals surface area (Å²) in [6.07, 6.45) is 1.23. The van der Waals surface area contributed by atoms with Crippen molar-refractivity contribution in [3.05, 3.63) is 93.4 Å². The van der Waals surface area contributed by atoms with Gasteiger partial charge in [-0.15, -0.1) is 0 Å². The fourth-order valence-electron chi connectivity index (χ4n) is 4.21. The summed E-state index contributed by atoms with van der Waals surface area (Å²) in [5.41, 5.74) is 3.91. The number of anilines is 1. The molecule has 186 valence electrons. The van der Waals surface area contributed by atoms with E-state index in [1.807, 2.05) is 45.9 Å². The van der Waals surface area contributed by atoms with Gasteiger partial charge in [-0.25, -0.2) is 13.4 Å². The molecular formula is C28H29N3O4S. The number of carbonyl (C=O) groups is 1. The van der Waals surface area contributed by atoms with Crippen LogP contribution in [0.1, 0.15) is 42.1 Å². The number of rotatable bonds is 6. The van der Waals surface area contributed by atoms with Gasteiger partial charge in [-0.1, -0.05) is 32.0 Å². The number of pyridine rings is 2. The highest BCUT2D eigenvalue weighted by molar-refractivity contribution is 7.91. The molecule has 36 heavy (non-hydrogen) atoms. The van der Waals surface area contributed by atoms with Crippen LogP contribution >= 0.6 is 0 Å². The van der Waals surface area contributed by atoms with Crippen LogP contribution in [-0.2, 0) is 21.2 Å². The van der Waals surface area contributed by atoms with Crippen LogP contribution in [0.5, 0.6) is 0 Å². The molecule has 0 aliphatic carbocycles. The van der Waals surface area contributed by atoms with Crippen LogP contribution in [0.25, 0.3) is 11.0 Å². The van der Waals surface area contributed by atoms with Gasteiger partial charge in [0.05, 0.1) is 10.3 Å². The Balaban J connectivity index is 1.80. The maximum absolute atomic E-state index is 13.5. The lowest BCUT2D eigenvalue weighted by molar-refractivity contribution is -0.116. The number of hydrogen-bond acceptors (Lipinski definition) is 5. The molecule has 0 saturated heterocycles. The first-order valence-electron chi connectivity index (χ1n) is 11.7. The lowest BCUT2D eigenvalue weighted by atomic mass is 10.0. The van der Waals surface area contributed by atoms with Crippen LogP contribution in [-0.4, -0.2) is 23.9 Å². The van der Waals surface area contributed by atoms with E-state index in [-0.39, 0.29) is 34.3 Å². The van der Waals surface area contributed by atoms with Crippen molar-refractivity contribution in [2.75, 3.05) is 5.32 Å². The molecule has 0 radical (unpaired) electrons. The lowest BCUT2D eigenvalue weighted by Gasteiger charge is -2.14. The molecule has 4 aromatic rings. The number of sulfone groups is 1. The van der Waals surface area contributed by atoms with Crippen LogP contribution in [0.3, 0.4) is 0 Å². The topological polar surface area (TPSA) is 98.1 Å². The van der Waals surface area contributed by atoms with Gasteiger partial charge in [0.1, 0.15) is 17.1 Å². The highest BCUT2D eigenvalue weighted by Crippen LogP contribution is 2.23. The normalized spacial score (nSPS) is 11.7. The highest BCUT2D eigenvalue weighted by atomic mass is 32.2. The number of benzene rings is 2. The van der Waals surface area contributed by atoms with Crippen molar-refractivity contribution in [1.29, 1.82) is 0 Å². The Morgan fingerprint density at radius 2 is 1.61 bits per heavy atom. The van der Waals surface area contributed by atoms with Gasteiger partial charge in [0.2, 0.25) is 21.2 Å². The van der Waals surface area contributed by atoms with Gasteiger partial charge in [-0.05, 0) is 79.8 Å². The van der Waals surface area contributed by atoms with E-state index in [0.29, 0.717) is 11.4 Å². The van der Waals surface area contributed by atoms with Gasteiger partial charge in [0, 0.05) is 17.6 Å². The van der Waals surface area contributed by atoms with Crippen molar-refractivity contribution in [2.45, 2.75) is 56.9 Å². The standard InChI is InChI=1S/C28H29N3O4S/c1-17(2)21-7-9-23(10-8-21)36(34,35)25-15-31(28-24(27(25)33)11-6-20(5)29-28)16-26(32)30-22-13-18(3)12-19(4)14-22/h6-15,17H,16H2,1-5H3,(H,30,32). The van der Waals surface area contributed by atoms with Gasteiger partial charge < -0.3 is 9.88 Å². The second-order valence-electron chi connectivity index (χ2n) is 9.43. The van der Waals surface area contributed by atoms with Crippen LogP contribution in [0.15, 0.2) is 75.4 Å². The molecule has 0 aliphatic rings. The third-order valence-corrected chi connectivity index (χ3v) is 7.76. The van der Waals surface area contributed by atoms with E-state index >= 15 is 0 Å². The molecule has 2 aromatic carbocycles. The first kappa shape index (κ1) is 25.3. The fourth-order valence-corrected chi connectivity index (χ4v) is 5.57. The van der Waals surface area contributed by atoms with Gasteiger partial charge in [-0.2, -0.15) is 0 Å². The van der Waals surface area contributed by atoms with E-state index in [1.165, 1.54) is 22.9 Å². The van der Waals surface area contributed by atoms with Crippen LogP contribution in [0, 0.1) is 20.8 Å². The second kappa shape index (κ2) is 9.70. The molecule has 0 saturated carbocycles. The zero-order valence-electron chi connectivity index (χ0n) is 21.0. The molecule has 0 fully saturated rings. The summed E-state index contributed by atoms with van der Waals surface area (Å²) in [5, 5.41) is 3.00. The predicted molar refractivity (Wildman–Crippen MR) is 141 cm³/mol. The van der Waals surface area contributed by atoms with E-state index in [9.17, 15) is 18.0 Å². The van der Waals surface area contributed by atoms with Crippen LogP contribution < -0.4 is 10.7 Å². The van der Waals surface area contributed by atoms with Crippen molar-refractivity contribution in [3.63, 3.8) is 0 Å². The Hall–Kier alpha value is -3.78. The van der Waals surface area contributed by atoms with Gasteiger partial charge >= 0.3 is 0 Å². The summed E-state index contributed by atoms with van der Waals surface area (Å²) in [6, 6.07) is 15.4. The van der Waals surface area contributed by atoms with E-state index in [0.717, 1.165) is 16.7 Å². The summed E-state index contributed by atoms with van der Waals surface area (Å²) in [6.45, 7) is 9.47. The molecule has 0 spiro atoms. The van der Waals surface area contributed by atoms with Gasteiger partial charge in [-0.3, -0.25) is 9.59 Å². The zero-order valence-corrected chi connectivity index (χ0v) is 21.8. The van der Waals surface area contributed by atoms with Crippen molar-refractivity contribution in [1.82, 2.24) is 9.55 Å². The molecule has 0 bridgehead atoms. The number of carbonyl (C=O) groups excluding carboxylic acids is 1. The molecule has 8 heteroatoms. The molecule has 2 aromatic heterocycles. The number of amides is 1. The minimum atomic E-state index is -4.13. The molecule has 0 unspecified atom stereocenters.